The number of aryl methyl sites for hydroxylation is 2. The quantitative estimate of drug-likeness (QED) is 0.263. The Kier molecular flexibility index (Phi) is 5.90. The molecular formula is C28H23ClOS2. The molecule has 0 aliphatic heterocycles. The molecule has 4 aromatic rings. The normalized spacial score (nSPS) is 13.7. The van der Waals surface area contributed by atoms with E-state index in [9.17, 15) is 4.79 Å². The molecule has 0 radical (unpaired) electrons. The topological polar surface area (TPSA) is 17.1 Å². The van der Waals surface area contributed by atoms with Crippen molar-refractivity contribution in [3.8, 4) is 10.4 Å². The molecule has 0 saturated carbocycles. The van der Waals surface area contributed by atoms with Gasteiger partial charge in [0.15, 0.2) is 5.78 Å². The summed E-state index contributed by atoms with van der Waals surface area (Å²) >= 11 is 9.80. The zero-order valence-electron chi connectivity index (χ0n) is 18.1. The average molecular weight is 475 g/mol. The number of thiophene rings is 2. The van der Waals surface area contributed by atoms with Crippen molar-refractivity contribution in [1.29, 1.82) is 0 Å². The highest BCUT2D eigenvalue weighted by Crippen LogP contribution is 2.46. The molecule has 2 aromatic carbocycles. The molecule has 32 heavy (non-hydrogen) atoms. The molecule has 160 valence electrons. The van der Waals surface area contributed by atoms with E-state index in [2.05, 4.69) is 38.1 Å². The maximum absolute atomic E-state index is 12.7. The maximum atomic E-state index is 12.7. The minimum Gasteiger partial charge on any atom is -0.289 e. The molecule has 0 atom stereocenters. The molecule has 0 fully saturated rings. The van der Waals surface area contributed by atoms with Crippen LogP contribution in [-0.2, 0) is 0 Å². The average Bonchev–Trinajstić information content (AvgIpc) is 3.51. The highest BCUT2D eigenvalue weighted by atomic mass is 35.5. The molecule has 1 aliphatic rings. The molecule has 0 amide bonds. The second-order valence-electron chi connectivity index (χ2n) is 8.18. The van der Waals surface area contributed by atoms with Crippen LogP contribution in [0, 0.1) is 13.8 Å². The van der Waals surface area contributed by atoms with Crippen LogP contribution in [-0.4, -0.2) is 5.78 Å². The van der Waals surface area contributed by atoms with Crippen LogP contribution in [0.25, 0.3) is 21.6 Å². The van der Waals surface area contributed by atoms with Crippen LogP contribution in [0.4, 0.5) is 0 Å². The van der Waals surface area contributed by atoms with Gasteiger partial charge in [-0.25, -0.2) is 0 Å². The summed E-state index contributed by atoms with van der Waals surface area (Å²) in [5.41, 5.74) is 8.22. The molecule has 2 aromatic heterocycles. The Hall–Kier alpha value is -2.46. The number of carbonyl (C=O) groups excluding carboxylic acids is 1. The first kappa shape index (κ1) is 21.4. The number of hydrogen-bond acceptors (Lipinski definition) is 3. The third kappa shape index (κ3) is 4.01. The van der Waals surface area contributed by atoms with E-state index in [1.165, 1.54) is 43.3 Å². The molecule has 2 heterocycles. The Labute approximate surface area is 202 Å². The van der Waals surface area contributed by atoms with Gasteiger partial charge in [-0.05, 0) is 73.1 Å². The lowest BCUT2D eigenvalue weighted by Crippen LogP contribution is -2.00. The van der Waals surface area contributed by atoms with Gasteiger partial charge in [0.25, 0.3) is 0 Å². The standard InChI is InChI=1S/C28H23ClOS2/c1-17-24(22-9-6-10-23(22)25-16-27(29)32-18(25)2)15-26(31-17)19-11-13-21(14-12-19)28(30)20-7-4-3-5-8-20/h3-5,7-8,11-16H,6,9-10H2,1-2H3. The highest BCUT2D eigenvalue weighted by molar-refractivity contribution is 7.16. The molecule has 5 rings (SSSR count). The minimum absolute atomic E-state index is 0.0609. The fourth-order valence-electron chi connectivity index (χ4n) is 4.55. The summed E-state index contributed by atoms with van der Waals surface area (Å²) in [4.78, 5) is 16.6. The van der Waals surface area contributed by atoms with E-state index in [1.54, 1.807) is 11.3 Å². The predicted molar refractivity (Wildman–Crippen MR) is 139 cm³/mol. The van der Waals surface area contributed by atoms with Crippen LogP contribution < -0.4 is 0 Å². The second kappa shape index (κ2) is 8.82. The Morgan fingerprint density at radius 1 is 0.781 bits per heavy atom. The van der Waals surface area contributed by atoms with Crippen LogP contribution in [0.3, 0.4) is 0 Å². The Morgan fingerprint density at radius 3 is 2.00 bits per heavy atom. The Balaban J connectivity index is 1.47. The maximum Gasteiger partial charge on any atom is 0.193 e. The first-order chi connectivity index (χ1) is 15.5. The van der Waals surface area contributed by atoms with Crippen LogP contribution in [0.1, 0.15) is 56.1 Å². The van der Waals surface area contributed by atoms with Gasteiger partial charge in [0.2, 0.25) is 0 Å². The number of rotatable bonds is 5. The second-order valence-corrected chi connectivity index (χ2v) is 11.3. The van der Waals surface area contributed by atoms with E-state index < -0.39 is 0 Å². The smallest absolute Gasteiger partial charge is 0.193 e. The van der Waals surface area contributed by atoms with Crippen LogP contribution in [0.5, 0.6) is 0 Å². The minimum atomic E-state index is 0.0609. The van der Waals surface area contributed by atoms with E-state index in [0.717, 1.165) is 33.9 Å². The van der Waals surface area contributed by atoms with Gasteiger partial charge in [-0.1, -0.05) is 66.2 Å². The molecule has 0 bridgehead atoms. The molecule has 0 spiro atoms. The van der Waals surface area contributed by atoms with Gasteiger partial charge in [-0.3, -0.25) is 4.79 Å². The van der Waals surface area contributed by atoms with Crippen molar-refractivity contribution in [2.24, 2.45) is 0 Å². The van der Waals surface area contributed by atoms with Gasteiger partial charge in [0.05, 0.1) is 4.34 Å². The van der Waals surface area contributed by atoms with Gasteiger partial charge in [-0.15, -0.1) is 22.7 Å². The predicted octanol–water partition coefficient (Wildman–Crippen LogP) is 9.07. The van der Waals surface area contributed by atoms with Gasteiger partial charge < -0.3 is 0 Å². The van der Waals surface area contributed by atoms with Crippen molar-refractivity contribution in [2.75, 3.05) is 0 Å². The fourth-order valence-corrected chi connectivity index (χ4v) is 6.82. The third-order valence-electron chi connectivity index (χ3n) is 6.14. The van der Waals surface area contributed by atoms with Crippen molar-refractivity contribution in [3.05, 3.63) is 103 Å². The summed E-state index contributed by atoms with van der Waals surface area (Å²) < 4.78 is 0.865. The zero-order valence-corrected chi connectivity index (χ0v) is 20.5. The summed E-state index contributed by atoms with van der Waals surface area (Å²) in [6.07, 6.45) is 3.42. The lowest BCUT2D eigenvalue weighted by molar-refractivity contribution is 0.103. The van der Waals surface area contributed by atoms with Gasteiger partial charge in [0.1, 0.15) is 0 Å². The number of ketones is 1. The first-order valence-electron chi connectivity index (χ1n) is 10.8. The van der Waals surface area contributed by atoms with E-state index in [-0.39, 0.29) is 5.78 Å². The zero-order chi connectivity index (χ0) is 22.2. The summed E-state index contributed by atoms with van der Waals surface area (Å²) in [7, 11) is 0. The number of carbonyl (C=O) groups is 1. The third-order valence-corrected chi connectivity index (χ3v) is 8.42. The monoisotopic (exact) mass is 474 g/mol. The lowest BCUT2D eigenvalue weighted by Gasteiger charge is -2.07. The molecule has 0 N–H and O–H groups in total. The Bertz CT molecular complexity index is 1320. The number of hydrogen-bond donors (Lipinski definition) is 0. The molecule has 0 saturated heterocycles. The molecule has 1 nitrogen and oxygen atoms in total. The number of benzene rings is 2. The van der Waals surface area contributed by atoms with Crippen LogP contribution in [0.2, 0.25) is 4.34 Å². The summed E-state index contributed by atoms with van der Waals surface area (Å²) in [5.74, 6) is 0.0609. The van der Waals surface area contributed by atoms with Crippen molar-refractivity contribution >= 4 is 51.2 Å². The van der Waals surface area contributed by atoms with E-state index >= 15 is 0 Å². The summed E-state index contributed by atoms with van der Waals surface area (Å²) in [6, 6.07) is 21.9. The van der Waals surface area contributed by atoms with E-state index in [4.69, 9.17) is 11.6 Å². The summed E-state index contributed by atoms with van der Waals surface area (Å²) in [6.45, 7) is 4.38. The molecule has 0 unspecified atom stereocenters. The van der Waals surface area contributed by atoms with Crippen molar-refractivity contribution < 1.29 is 4.79 Å². The molecule has 1 aliphatic carbocycles. The number of halogens is 1. The SMILES string of the molecule is Cc1sc(Cl)cc1C1=C(c2cc(-c3ccc(C(=O)c4ccccc4)cc3)sc2C)CCC1. The fraction of sp³-hybridized carbons (Fsp3) is 0.179. The molecular weight excluding hydrogens is 452 g/mol. The van der Waals surface area contributed by atoms with Crippen molar-refractivity contribution in [3.63, 3.8) is 0 Å². The summed E-state index contributed by atoms with van der Waals surface area (Å²) in [5, 5.41) is 0. The number of allylic oxidation sites excluding steroid dienone is 2. The lowest BCUT2D eigenvalue weighted by atomic mass is 9.97. The van der Waals surface area contributed by atoms with E-state index in [0.29, 0.717) is 0 Å². The van der Waals surface area contributed by atoms with Gasteiger partial charge >= 0.3 is 0 Å². The van der Waals surface area contributed by atoms with Crippen LogP contribution in [0.15, 0.2) is 66.7 Å². The van der Waals surface area contributed by atoms with E-state index in [1.807, 2.05) is 53.8 Å². The highest BCUT2D eigenvalue weighted by Gasteiger charge is 2.23. The largest absolute Gasteiger partial charge is 0.289 e. The van der Waals surface area contributed by atoms with Gasteiger partial charge in [-0.2, -0.15) is 0 Å². The molecule has 4 heteroatoms. The van der Waals surface area contributed by atoms with Gasteiger partial charge in [0, 0.05) is 25.8 Å². The van der Waals surface area contributed by atoms with Crippen molar-refractivity contribution in [2.45, 2.75) is 33.1 Å². The van der Waals surface area contributed by atoms with Crippen molar-refractivity contribution in [1.82, 2.24) is 0 Å². The first-order valence-corrected chi connectivity index (χ1v) is 12.8. The Morgan fingerprint density at radius 2 is 1.38 bits per heavy atom. The van der Waals surface area contributed by atoms with Crippen LogP contribution >= 0.6 is 34.3 Å².